The number of nitrogens with one attached hydrogen (secondary N) is 1. The second kappa shape index (κ2) is 7.06. The van der Waals surface area contributed by atoms with Crippen LogP contribution in [0.25, 0.3) is 0 Å². The lowest BCUT2D eigenvalue weighted by Crippen LogP contribution is -2.49. The maximum absolute atomic E-state index is 4.28. The molecule has 0 saturated carbocycles. The number of aryl methyl sites for hydroxylation is 1. The summed E-state index contributed by atoms with van der Waals surface area (Å²) in [6, 6.07) is 0.714. The van der Waals surface area contributed by atoms with E-state index in [0.29, 0.717) is 6.04 Å². The van der Waals surface area contributed by atoms with Crippen LogP contribution in [0.2, 0.25) is 0 Å². The quantitative estimate of drug-likeness (QED) is 0.852. The van der Waals surface area contributed by atoms with Crippen molar-refractivity contribution in [3.8, 4) is 0 Å². The standard InChI is InChI=1S/C15H28N4/c1-4-6-17-15-5-8-18(12-13(15)2)10-11-19-9-7-16-14(19)3/h7,9,13,15,17H,4-6,8,10-12H2,1-3H3. The van der Waals surface area contributed by atoms with Crippen molar-refractivity contribution in [3.63, 3.8) is 0 Å². The summed E-state index contributed by atoms with van der Waals surface area (Å²) in [6.45, 7) is 12.5. The maximum Gasteiger partial charge on any atom is 0.105 e. The van der Waals surface area contributed by atoms with Crippen molar-refractivity contribution in [2.45, 2.75) is 46.2 Å². The van der Waals surface area contributed by atoms with Gasteiger partial charge in [0.15, 0.2) is 0 Å². The molecule has 1 N–H and O–H groups in total. The first-order valence-corrected chi connectivity index (χ1v) is 7.64. The van der Waals surface area contributed by atoms with Crippen molar-refractivity contribution in [1.82, 2.24) is 19.8 Å². The smallest absolute Gasteiger partial charge is 0.105 e. The van der Waals surface area contributed by atoms with Gasteiger partial charge in [-0.15, -0.1) is 0 Å². The summed E-state index contributed by atoms with van der Waals surface area (Å²) in [5.74, 6) is 1.87. The van der Waals surface area contributed by atoms with Gasteiger partial charge in [-0.3, -0.25) is 0 Å². The fourth-order valence-electron chi connectivity index (χ4n) is 2.96. The number of piperidine rings is 1. The summed E-state index contributed by atoms with van der Waals surface area (Å²) in [5.41, 5.74) is 0. The SMILES string of the molecule is CCCNC1CCN(CCn2ccnc2C)CC1C. The number of nitrogens with zero attached hydrogens (tertiary/aromatic N) is 3. The molecule has 1 aliphatic rings. The molecular weight excluding hydrogens is 236 g/mol. The van der Waals surface area contributed by atoms with E-state index >= 15 is 0 Å². The van der Waals surface area contributed by atoms with E-state index in [1.54, 1.807) is 0 Å². The lowest BCUT2D eigenvalue weighted by atomic mass is 9.94. The third-order valence-corrected chi connectivity index (χ3v) is 4.23. The maximum atomic E-state index is 4.28. The first-order chi connectivity index (χ1) is 9.20. The van der Waals surface area contributed by atoms with Crippen LogP contribution < -0.4 is 5.32 Å². The molecule has 0 bridgehead atoms. The van der Waals surface area contributed by atoms with Crippen LogP contribution in [0.4, 0.5) is 0 Å². The summed E-state index contributed by atoms with van der Waals surface area (Å²) in [6.07, 6.45) is 6.48. The van der Waals surface area contributed by atoms with E-state index in [1.807, 2.05) is 6.20 Å². The number of hydrogen-bond acceptors (Lipinski definition) is 3. The number of aromatic nitrogens is 2. The minimum Gasteiger partial charge on any atom is -0.334 e. The molecule has 0 aliphatic carbocycles. The predicted octanol–water partition coefficient (Wildman–Crippen LogP) is 1.90. The normalized spacial score (nSPS) is 24.8. The van der Waals surface area contributed by atoms with Gasteiger partial charge in [-0.2, -0.15) is 0 Å². The van der Waals surface area contributed by atoms with Crippen molar-refractivity contribution in [1.29, 1.82) is 0 Å². The van der Waals surface area contributed by atoms with E-state index < -0.39 is 0 Å². The molecule has 2 heterocycles. The molecule has 0 amide bonds. The van der Waals surface area contributed by atoms with Crippen LogP contribution in [-0.2, 0) is 6.54 Å². The second-order valence-corrected chi connectivity index (χ2v) is 5.80. The molecule has 0 spiro atoms. The minimum atomic E-state index is 0.714. The van der Waals surface area contributed by atoms with E-state index in [1.165, 1.54) is 25.9 Å². The Bertz CT molecular complexity index is 374. The topological polar surface area (TPSA) is 33.1 Å². The second-order valence-electron chi connectivity index (χ2n) is 5.80. The Balaban J connectivity index is 1.74. The fraction of sp³-hybridized carbons (Fsp3) is 0.800. The molecule has 2 atom stereocenters. The first kappa shape index (κ1) is 14.5. The molecule has 19 heavy (non-hydrogen) atoms. The van der Waals surface area contributed by atoms with Crippen molar-refractivity contribution in [2.75, 3.05) is 26.2 Å². The number of hydrogen-bond donors (Lipinski definition) is 1. The van der Waals surface area contributed by atoms with Gasteiger partial charge >= 0.3 is 0 Å². The Morgan fingerprint density at radius 2 is 2.26 bits per heavy atom. The summed E-state index contributed by atoms with van der Waals surface area (Å²) in [5, 5.41) is 3.68. The number of imidazole rings is 1. The van der Waals surface area contributed by atoms with E-state index in [9.17, 15) is 0 Å². The average molecular weight is 264 g/mol. The van der Waals surface area contributed by atoms with Crippen LogP contribution in [0.3, 0.4) is 0 Å². The first-order valence-electron chi connectivity index (χ1n) is 7.64. The summed E-state index contributed by atoms with van der Waals surface area (Å²) >= 11 is 0. The van der Waals surface area contributed by atoms with Gasteiger partial charge in [0.25, 0.3) is 0 Å². The zero-order chi connectivity index (χ0) is 13.7. The molecule has 1 aliphatic heterocycles. The Labute approximate surface area is 117 Å². The monoisotopic (exact) mass is 264 g/mol. The fourth-order valence-corrected chi connectivity index (χ4v) is 2.96. The third-order valence-electron chi connectivity index (χ3n) is 4.23. The number of likely N-dealkylation sites (tertiary alicyclic amines) is 1. The van der Waals surface area contributed by atoms with Crippen LogP contribution in [0.5, 0.6) is 0 Å². The highest BCUT2D eigenvalue weighted by molar-refractivity contribution is 4.89. The van der Waals surface area contributed by atoms with Gasteiger partial charge in [0.2, 0.25) is 0 Å². The lowest BCUT2D eigenvalue weighted by Gasteiger charge is -2.37. The Kier molecular flexibility index (Phi) is 5.40. The van der Waals surface area contributed by atoms with Crippen molar-refractivity contribution in [2.24, 2.45) is 5.92 Å². The van der Waals surface area contributed by atoms with Crippen LogP contribution >= 0.6 is 0 Å². The zero-order valence-electron chi connectivity index (χ0n) is 12.6. The highest BCUT2D eigenvalue weighted by Crippen LogP contribution is 2.16. The Morgan fingerprint density at radius 3 is 2.89 bits per heavy atom. The summed E-state index contributed by atoms with van der Waals surface area (Å²) < 4.78 is 2.24. The Morgan fingerprint density at radius 1 is 1.42 bits per heavy atom. The molecule has 0 aromatic carbocycles. The van der Waals surface area contributed by atoms with E-state index in [4.69, 9.17) is 0 Å². The van der Waals surface area contributed by atoms with Crippen molar-refractivity contribution >= 4 is 0 Å². The molecule has 4 heteroatoms. The van der Waals surface area contributed by atoms with Crippen LogP contribution in [-0.4, -0.2) is 46.7 Å². The highest BCUT2D eigenvalue weighted by atomic mass is 15.2. The van der Waals surface area contributed by atoms with Crippen LogP contribution in [0.1, 0.15) is 32.5 Å². The van der Waals surface area contributed by atoms with E-state index in [-0.39, 0.29) is 0 Å². The van der Waals surface area contributed by atoms with Gasteiger partial charge in [0.1, 0.15) is 5.82 Å². The molecule has 4 nitrogen and oxygen atoms in total. The van der Waals surface area contributed by atoms with E-state index in [2.05, 4.69) is 46.7 Å². The largest absolute Gasteiger partial charge is 0.334 e. The number of rotatable bonds is 6. The van der Waals surface area contributed by atoms with Crippen molar-refractivity contribution < 1.29 is 0 Å². The molecule has 1 fully saturated rings. The average Bonchev–Trinajstić information content (AvgIpc) is 2.81. The van der Waals surface area contributed by atoms with Gasteiger partial charge in [-0.25, -0.2) is 4.98 Å². The Hall–Kier alpha value is -0.870. The molecular formula is C15H28N4. The van der Waals surface area contributed by atoms with Crippen molar-refractivity contribution in [3.05, 3.63) is 18.2 Å². The lowest BCUT2D eigenvalue weighted by molar-refractivity contribution is 0.143. The molecule has 1 aromatic rings. The molecule has 108 valence electrons. The minimum absolute atomic E-state index is 0.714. The third kappa shape index (κ3) is 4.05. The van der Waals surface area contributed by atoms with Gasteiger partial charge in [0, 0.05) is 38.1 Å². The van der Waals surface area contributed by atoms with Crippen LogP contribution in [0.15, 0.2) is 12.4 Å². The molecule has 2 rings (SSSR count). The van der Waals surface area contributed by atoms with Gasteiger partial charge in [0.05, 0.1) is 0 Å². The summed E-state index contributed by atoms with van der Waals surface area (Å²) in [4.78, 5) is 6.87. The molecule has 2 unspecified atom stereocenters. The van der Waals surface area contributed by atoms with Gasteiger partial charge in [-0.05, 0) is 38.8 Å². The predicted molar refractivity (Wildman–Crippen MR) is 79.3 cm³/mol. The zero-order valence-corrected chi connectivity index (χ0v) is 12.6. The van der Waals surface area contributed by atoms with Gasteiger partial charge in [-0.1, -0.05) is 13.8 Å². The van der Waals surface area contributed by atoms with E-state index in [0.717, 1.165) is 31.4 Å². The highest BCUT2D eigenvalue weighted by Gasteiger charge is 2.24. The molecule has 1 aromatic heterocycles. The van der Waals surface area contributed by atoms with Crippen LogP contribution in [0, 0.1) is 12.8 Å². The van der Waals surface area contributed by atoms with Gasteiger partial charge < -0.3 is 14.8 Å². The molecule has 0 radical (unpaired) electrons. The summed E-state index contributed by atoms with van der Waals surface area (Å²) in [7, 11) is 0. The molecule has 1 saturated heterocycles.